The first-order chi connectivity index (χ1) is 32.7. The van der Waals surface area contributed by atoms with Gasteiger partial charge in [-0.05, 0) is 66.7 Å². The van der Waals surface area contributed by atoms with E-state index in [1.165, 1.54) is 21.5 Å². The lowest BCUT2D eigenvalue weighted by atomic mass is 10.0. The summed E-state index contributed by atoms with van der Waals surface area (Å²) in [5.41, 5.74) is 14.4. The Morgan fingerprint density at radius 1 is 0.303 bits per heavy atom. The Kier molecular flexibility index (Phi) is 7.65. The highest BCUT2D eigenvalue weighted by atomic mass is 15.1. The van der Waals surface area contributed by atoms with Crippen LogP contribution >= 0.6 is 0 Å². The number of para-hydroxylation sites is 8. The summed E-state index contributed by atoms with van der Waals surface area (Å²) >= 11 is 0. The number of fused-ring (bicyclic) bond motifs is 12. The molecule has 0 saturated heterocycles. The van der Waals surface area contributed by atoms with Crippen LogP contribution in [0.15, 0.2) is 219 Å². The predicted octanol–water partition coefficient (Wildman–Crippen LogP) is 15.0. The maximum absolute atomic E-state index is 11.4. The molecule has 306 valence electrons. The molecule has 14 aromatic rings. The first-order valence-electron chi connectivity index (χ1n) is 22.3. The van der Waals surface area contributed by atoms with E-state index in [2.05, 4.69) is 237 Å². The lowest BCUT2D eigenvalue weighted by molar-refractivity contribution is 1.07. The summed E-state index contributed by atoms with van der Waals surface area (Å²) in [5, 5.41) is 20.7. The van der Waals surface area contributed by atoms with Gasteiger partial charge in [0.25, 0.3) is 0 Å². The molecular weight excluding hydrogens is 805 g/mol. The lowest BCUT2D eigenvalue weighted by Crippen LogP contribution is -2.07. The van der Waals surface area contributed by atoms with Crippen LogP contribution in [0, 0.1) is 11.3 Å². The van der Waals surface area contributed by atoms with Gasteiger partial charge < -0.3 is 18.3 Å². The van der Waals surface area contributed by atoms with E-state index in [1.54, 1.807) is 0 Å². The molecule has 66 heavy (non-hydrogen) atoms. The highest BCUT2D eigenvalue weighted by molar-refractivity contribution is 6.13. The van der Waals surface area contributed by atoms with Gasteiger partial charge >= 0.3 is 0 Å². The molecule has 6 nitrogen and oxygen atoms in total. The van der Waals surface area contributed by atoms with Crippen LogP contribution in [0.25, 0.3) is 121 Å². The molecule has 0 saturated carbocycles. The molecule has 0 fully saturated rings. The van der Waals surface area contributed by atoms with E-state index in [0.717, 1.165) is 94.0 Å². The Hall–Kier alpha value is -9.18. The standard InChI is InChI=1S/C60H36N6/c61-36-38-33-57(63-49-25-9-1-17-39(49)40-18-2-10-26-50(40)63)58(64-51-27-11-3-19-41(51)42-20-4-12-28-52(42)64)34-47(38)48-35-59(65-53-29-13-5-21-43(53)44-22-6-14-30-54(44)65)60(37-62-48)66-55-31-15-7-23-45(55)46-24-8-16-32-56(46)66/h1-35,37H. The van der Waals surface area contributed by atoms with Crippen molar-refractivity contribution in [1.82, 2.24) is 23.3 Å². The zero-order chi connectivity index (χ0) is 43.5. The van der Waals surface area contributed by atoms with Crippen LogP contribution < -0.4 is 0 Å². The third-order valence-electron chi connectivity index (χ3n) is 13.7. The fourth-order valence-electron chi connectivity index (χ4n) is 10.9. The van der Waals surface area contributed by atoms with Gasteiger partial charge in [0.05, 0.1) is 90.4 Å². The summed E-state index contributed by atoms with van der Waals surface area (Å²) < 4.78 is 9.42. The lowest BCUT2D eigenvalue weighted by Gasteiger charge is -2.20. The molecule has 0 bridgehead atoms. The van der Waals surface area contributed by atoms with E-state index in [9.17, 15) is 5.26 Å². The third-order valence-corrected chi connectivity index (χ3v) is 13.7. The monoisotopic (exact) mass is 840 g/mol. The molecule has 0 aliphatic heterocycles. The van der Waals surface area contributed by atoms with Crippen molar-refractivity contribution in [3.05, 3.63) is 224 Å². The fourth-order valence-corrected chi connectivity index (χ4v) is 10.9. The number of aromatic nitrogens is 5. The molecule has 0 atom stereocenters. The Balaban J connectivity index is 1.13. The third kappa shape index (κ3) is 5.02. The first kappa shape index (κ1) is 36.3. The number of benzene rings is 9. The Morgan fingerprint density at radius 2 is 0.561 bits per heavy atom. The van der Waals surface area contributed by atoms with Crippen molar-refractivity contribution in [2.75, 3.05) is 0 Å². The van der Waals surface area contributed by atoms with Crippen molar-refractivity contribution < 1.29 is 0 Å². The zero-order valence-electron chi connectivity index (χ0n) is 35.5. The molecule has 0 N–H and O–H groups in total. The van der Waals surface area contributed by atoms with Crippen molar-refractivity contribution in [1.29, 1.82) is 5.26 Å². The topological polar surface area (TPSA) is 56.4 Å². The summed E-state index contributed by atoms with van der Waals surface area (Å²) in [6.45, 7) is 0. The molecule has 0 aliphatic rings. The van der Waals surface area contributed by atoms with Crippen LogP contribution in [0.5, 0.6) is 0 Å². The number of nitrogens with zero attached hydrogens (tertiary/aromatic N) is 6. The predicted molar refractivity (Wildman–Crippen MR) is 272 cm³/mol. The second-order valence-corrected chi connectivity index (χ2v) is 17.0. The molecule has 6 heteroatoms. The summed E-state index contributed by atoms with van der Waals surface area (Å²) in [6.07, 6.45) is 2.01. The summed E-state index contributed by atoms with van der Waals surface area (Å²) in [5.74, 6) is 0. The normalized spacial score (nSPS) is 11.9. The van der Waals surface area contributed by atoms with Gasteiger partial charge in [-0.25, -0.2) is 0 Å². The number of nitriles is 1. The smallest absolute Gasteiger partial charge is 0.0999 e. The van der Waals surface area contributed by atoms with E-state index < -0.39 is 0 Å². The highest BCUT2D eigenvalue weighted by Crippen LogP contribution is 2.43. The second-order valence-electron chi connectivity index (χ2n) is 17.0. The van der Waals surface area contributed by atoms with E-state index >= 15 is 0 Å². The summed E-state index contributed by atoms with van der Waals surface area (Å²) in [6, 6.07) is 77.9. The van der Waals surface area contributed by atoms with Gasteiger partial charge in [-0.15, -0.1) is 0 Å². The van der Waals surface area contributed by atoms with E-state index in [4.69, 9.17) is 4.98 Å². The first-order valence-corrected chi connectivity index (χ1v) is 22.3. The van der Waals surface area contributed by atoms with Crippen molar-refractivity contribution in [2.45, 2.75) is 0 Å². The minimum absolute atomic E-state index is 0.529. The highest BCUT2D eigenvalue weighted by Gasteiger charge is 2.25. The van der Waals surface area contributed by atoms with Gasteiger partial charge in [-0.3, -0.25) is 4.98 Å². The number of hydrogen-bond donors (Lipinski definition) is 0. The Labute approximate surface area is 378 Å². The maximum Gasteiger partial charge on any atom is 0.0999 e. The van der Waals surface area contributed by atoms with E-state index in [1.807, 2.05) is 6.20 Å². The van der Waals surface area contributed by atoms with Gasteiger partial charge in [0, 0.05) is 48.7 Å². The van der Waals surface area contributed by atoms with E-state index in [-0.39, 0.29) is 0 Å². The van der Waals surface area contributed by atoms with Crippen LogP contribution in [0.4, 0.5) is 0 Å². The van der Waals surface area contributed by atoms with Crippen molar-refractivity contribution in [3.8, 4) is 40.1 Å². The van der Waals surface area contributed by atoms with Crippen molar-refractivity contribution in [2.24, 2.45) is 0 Å². The average Bonchev–Trinajstić information content (AvgIpc) is 4.11. The summed E-state index contributed by atoms with van der Waals surface area (Å²) in [4.78, 5) is 5.40. The van der Waals surface area contributed by atoms with Crippen LogP contribution in [0.3, 0.4) is 0 Å². The molecule has 0 unspecified atom stereocenters. The molecule has 0 aliphatic carbocycles. The maximum atomic E-state index is 11.4. The van der Waals surface area contributed by atoms with Gasteiger partial charge in [0.2, 0.25) is 0 Å². The van der Waals surface area contributed by atoms with Crippen LogP contribution in [-0.4, -0.2) is 23.3 Å². The van der Waals surface area contributed by atoms with Crippen molar-refractivity contribution in [3.63, 3.8) is 0 Å². The molecule has 0 spiro atoms. The minimum Gasteiger partial charge on any atom is -0.307 e. The van der Waals surface area contributed by atoms with Gasteiger partial charge in [-0.2, -0.15) is 5.26 Å². The van der Waals surface area contributed by atoms with Crippen LogP contribution in [0.1, 0.15) is 5.56 Å². The van der Waals surface area contributed by atoms with Crippen molar-refractivity contribution >= 4 is 87.2 Å². The summed E-state index contributed by atoms with van der Waals surface area (Å²) in [7, 11) is 0. The Bertz CT molecular complexity index is 4160. The zero-order valence-corrected chi connectivity index (χ0v) is 35.5. The quantitative estimate of drug-likeness (QED) is 0.173. The number of rotatable bonds is 5. The van der Waals surface area contributed by atoms with Crippen LogP contribution in [0.2, 0.25) is 0 Å². The van der Waals surface area contributed by atoms with E-state index in [0.29, 0.717) is 11.3 Å². The molecule has 9 aromatic carbocycles. The van der Waals surface area contributed by atoms with Gasteiger partial charge in [0.15, 0.2) is 0 Å². The molecule has 5 heterocycles. The molecule has 0 radical (unpaired) electrons. The van der Waals surface area contributed by atoms with Gasteiger partial charge in [0.1, 0.15) is 0 Å². The SMILES string of the molecule is N#Cc1cc(-n2c3ccccc3c3ccccc32)c(-n2c3ccccc3c3ccccc32)cc1-c1cc(-n2c3ccccc3c3ccccc32)c(-n2c3ccccc3c3ccccc32)cn1. The molecule has 5 aromatic heterocycles. The molecule has 0 amide bonds. The van der Waals surface area contributed by atoms with Gasteiger partial charge in [-0.1, -0.05) is 146 Å². The molecular formula is C60H36N6. The number of hydrogen-bond acceptors (Lipinski definition) is 2. The largest absolute Gasteiger partial charge is 0.307 e. The Morgan fingerprint density at radius 3 is 0.864 bits per heavy atom. The fraction of sp³-hybridized carbons (Fsp3) is 0. The molecule has 14 rings (SSSR count). The van der Waals surface area contributed by atoms with Crippen LogP contribution in [-0.2, 0) is 0 Å². The minimum atomic E-state index is 0.529. The average molecular weight is 841 g/mol. The number of pyridine rings is 1. The second kappa shape index (κ2) is 13.9.